The fourth-order valence-electron chi connectivity index (χ4n) is 2.99. The van der Waals surface area contributed by atoms with Gasteiger partial charge in [-0.3, -0.25) is 14.9 Å². The summed E-state index contributed by atoms with van der Waals surface area (Å²) in [6.07, 6.45) is 4.99. The Morgan fingerprint density at radius 3 is 2.33 bits per heavy atom. The Morgan fingerprint density at radius 1 is 1.15 bits per heavy atom. The zero-order chi connectivity index (χ0) is 19.8. The molecular formula is C22H23NO3S. The van der Waals surface area contributed by atoms with Crippen LogP contribution in [0, 0.1) is 29.9 Å². The lowest BCUT2D eigenvalue weighted by molar-refractivity contribution is -0.484. The van der Waals surface area contributed by atoms with E-state index < -0.39 is 11.8 Å². The molecule has 0 aliphatic rings. The van der Waals surface area contributed by atoms with Crippen LogP contribution in [0.5, 0.6) is 0 Å². The fraction of sp³-hybridized carbons (Fsp3) is 0.227. The van der Waals surface area contributed by atoms with Crippen LogP contribution in [-0.4, -0.2) is 16.6 Å². The quantitative estimate of drug-likeness (QED) is 0.268. The Labute approximate surface area is 164 Å². The van der Waals surface area contributed by atoms with E-state index in [0.29, 0.717) is 0 Å². The first-order valence-electron chi connectivity index (χ1n) is 8.68. The highest BCUT2D eigenvalue weighted by Crippen LogP contribution is 2.35. The van der Waals surface area contributed by atoms with Crippen LogP contribution in [0.1, 0.15) is 22.6 Å². The molecule has 2 atom stereocenters. The third-order valence-corrected chi connectivity index (χ3v) is 5.67. The van der Waals surface area contributed by atoms with Gasteiger partial charge < -0.3 is 0 Å². The first-order chi connectivity index (χ1) is 12.9. The van der Waals surface area contributed by atoms with Crippen molar-refractivity contribution in [2.24, 2.45) is 5.92 Å². The van der Waals surface area contributed by atoms with Gasteiger partial charge in [0.25, 0.3) is 0 Å². The predicted molar refractivity (Wildman–Crippen MR) is 111 cm³/mol. The number of hydrogen-bond acceptors (Lipinski definition) is 4. The van der Waals surface area contributed by atoms with Gasteiger partial charge >= 0.3 is 0 Å². The molecule has 2 rings (SSSR count). The zero-order valence-electron chi connectivity index (χ0n) is 15.5. The van der Waals surface area contributed by atoms with Crippen molar-refractivity contribution in [3.8, 4) is 0 Å². The van der Waals surface area contributed by atoms with E-state index in [4.69, 9.17) is 0 Å². The van der Waals surface area contributed by atoms with E-state index in [9.17, 15) is 14.9 Å². The van der Waals surface area contributed by atoms with Gasteiger partial charge in [0.15, 0.2) is 0 Å². The van der Waals surface area contributed by atoms with Crippen LogP contribution in [0.3, 0.4) is 0 Å². The van der Waals surface area contributed by atoms with Crippen molar-refractivity contribution in [2.45, 2.75) is 24.7 Å². The van der Waals surface area contributed by atoms with Crippen molar-refractivity contribution < 1.29 is 9.72 Å². The average Bonchev–Trinajstić information content (AvgIpc) is 2.64. The topological polar surface area (TPSA) is 60.2 Å². The van der Waals surface area contributed by atoms with Crippen LogP contribution in [0.25, 0.3) is 0 Å². The Bertz CT molecular complexity index is 826. The molecule has 0 unspecified atom stereocenters. The number of carbonyl (C=O) groups is 1. The molecule has 140 valence electrons. The number of nitro groups is 1. The molecule has 0 spiro atoms. The molecule has 0 bridgehead atoms. The summed E-state index contributed by atoms with van der Waals surface area (Å²) in [7, 11) is 0. The Kier molecular flexibility index (Phi) is 7.55. The van der Waals surface area contributed by atoms with Crippen molar-refractivity contribution in [1.82, 2.24) is 0 Å². The van der Waals surface area contributed by atoms with E-state index in [1.165, 1.54) is 0 Å². The van der Waals surface area contributed by atoms with Crippen LogP contribution < -0.4 is 0 Å². The largest absolute Gasteiger partial charge is 0.286 e. The van der Waals surface area contributed by atoms with Crippen molar-refractivity contribution in [3.63, 3.8) is 0 Å². The van der Waals surface area contributed by atoms with Crippen LogP contribution in [0.4, 0.5) is 0 Å². The summed E-state index contributed by atoms with van der Waals surface area (Å²) in [5, 5.41) is 11.2. The number of benzene rings is 2. The van der Waals surface area contributed by atoms with Crippen molar-refractivity contribution in [2.75, 3.05) is 6.54 Å². The molecule has 0 amide bonds. The first kappa shape index (κ1) is 20.6. The highest BCUT2D eigenvalue weighted by Gasteiger charge is 2.32. The maximum absolute atomic E-state index is 13.2. The van der Waals surface area contributed by atoms with Crippen molar-refractivity contribution in [1.29, 1.82) is 0 Å². The van der Waals surface area contributed by atoms with E-state index in [2.05, 4.69) is 6.58 Å². The van der Waals surface area contributed by atoms with Crippen molar-refractivity contribution >= 4 is 16.9 Å². The Balaban J connectivity index is 2.41. The maximum Gasteiger partial charge on any atom is 0.211 e. The minimum Gasteiger partial charge on any atom is -0.286 e. The lowest BCUT2D eigenvalue weighted by Gasteiger charge is -2.21. The minimum atomic E-state index is -0.625. The monoisotopic (exact) mass is 381 g/mol. The fourth-order valence-corrected chi connectivity index (χ4v) is 4.03. The summed E-state index contributed by atoms with van der Waals surface area (Å²) in [5.41, 5.74) is 2.82. The molecule has 0 saturated heterocycles. The number of allylic oxidation sites excluding steroid dienone is 3. The third-order valence-electron chi connectivity index (χ3n) is 4.35. The molecule has 4 nitrogen and oxygen atoms in total. The number of hydrogen-bond donors (Lipinski definition) is 0. The van der Waals surface area contributed by atoms with E-state index in [-0.39, 0.29) is 16.6 Å². The second-order valence-electron chi connectivity index (χ2n) is 6.32. The molecule has 0 aliphatic carbocycles. The summed E-state index contributed by atoms with van der Waals surface area (Å²) in [4.78, 5) is 25.0. The van der Waals surface area contributed by atoms with Gasteiger partial charge in [-0.05, 0) is 30.5 Å². The van der Waals surface area contributed by atoms with Gasteiger partial charge in [-0.2, -0.15) is 0 Å². The summed E-state index contributed by atoms with van der Waals surface area (Å²) in [6, 6.07) is 15.1. The second-order valence-corrected chi connectivity index (χ2v) is 7.34. The van der Waals surface area contributed by atoms with Gasteiger partial charge in [-0.25, -0.2) is 0 Å². The lowest BCUT2D eigenvalue weighted by Crippen LogP contribution is -2.25. The Morgan fingerprint density at radius 2 is 1.78 bits per heavy atom. The smallest absolute Gasteiger partial charge is 0.211 e. The highest BCUT2D eigenvalue weighted by molar-refractivity contribution is 8.13. The normalized spacial score (nSPS) is 13.3. The second kappa shape index (κ2) is 9.88. The van der Waals surface area contributed by atoms with Gasteiger partial charge in [-0.1, -0.05) is 85.1 Å². The summed E-state index contributed by atoms with van der Waals surface area (Å²) in [5.74, 6) is -1.17. The van der Waals surface area contributed by atoms with Crippen LogP contribution in [0.15, 0.2) is 78.2 Å². The van der Waals surface area contributed by atoms with Gasteiger partial charge in [0.1, 0.15) is 0 Å². The molecule has 2 aromatic rings. The average molecular weight is 381 g/mol. The number of nitrogens with zero attached hydrogens (tertiary/aromatic N) is 1. The van der Waals surface area contributed by atoms with Gasteiger partial charge in [0.05, 0.1) is 11.8 Å². The summed E-state index contributed by atoms with van der Waals surface area (Å²) in [6.45, 7) is 7.27. The van der Waals surface area contributed by atoms with Crippen LogP contribution >= 0.6 is 11.8 Å². The van der Waals surface area contributed by atoms with Crippen LogP contribution in [0.2, 0.25) is 0 Å². The minimum absolute atomic E-state index is 0.110. The number of aryl methyl sites for hydroxylation is 2. The molecule has 0 heterocycles. The van der Waals surface area contributed by atoms with E-state index in [0.717, 1.165) is 33.3 Å². The molecule has 27 heavy (non-hydrogen) atoms. The molecule has 0 N–H and O–H groups in total. The standard InChI is InChI=1S/C22H23NO3S/c1-4-5-14-19(20(15-23(25)26)18-12-7-6-8-13-18)22(24)27-21-16(2)10-9-11-17(21)3/h4-14,19-20H,1,15H2,2-3H3/b14-5+/t19-,20+/m0/s1. The summed E-state index contributed by atoms with van der Waals surface area (Å²) >= 11 is 1.16. The van der Waals surface area contributed by atoms with Gasteiger partial charge in [0, 0.05) is 9.82 Å². The van der Waals surface area contributed by atoms with Crippen LogP contribution in [-0.2, 0) is 4.79 Å². The highest BCUT2D eigenvalue weighted by atomic mass is 32.2. The van der Waals surface area contributed by atoms with E-state index >= 15 is 0 Å². The Hall–Kier alpha value is -2.66. The van der Waals surface area contributed by atoms with E-state index in [1.54, 1.807) is 18.2 Å². The molecule has 0 fully saturated rings. The molecular weight excluding hydrogens is 358 g/mol. The zero-order valence-corrected chi connectivity index (χ0v) is 16.3. The van der Waals surface area contributed by atoms with E-state index in [1.807, 2.05) is 62.4 Å². The first-order valence-corrected chi connectivity index (χ1v) is 9.49. The number of rotatable bonds is 8. The molecule has 2 aromatic carbocycles. The van der Waals surface area contributed by atoms with Gasteiger partial charge in [-0.15, -0.1) is 0 Å². The lowest BCUT2D eigenvalue weighted by atomic mass is 9.86. The SMILES string of the molecule is C=C/C=C/[C@H](C(=O)Sc1c(C)cccc1C)[C@H](C[N+](=O)[O-])c1ccccc1. The number of thioether (sulfide) groups is 1. The molecule has 5 heteroatoms. The van der Waals surface area contributed by atoms with Crippen molar-refractivity contribution in [3.05, 3.63) is 100 Å². The maximum atomic E-state index is 13.2. The molecule has 0 aromatic heterocycles. The molecule has 0 radical (unpaired) electrons. The summed E-state index contributed by atoms with van der Waals surface area (Å²) < 4.78 is 0. The third kappa shape index (κ3) is 5.66. The molecule has 0 aliphatic heterocycles. The molecule has 0 saturated carbocycles. The van der Waals surface area contributed by atoms with Gasteiger partial charge in [0.2, 0.25) is 11.7 Å². The number of carbonyl (C=O) groups excluding carboxylic acids is 1. The predicted octanol–water partition coefficient (Wildman–Crippen LogP) is 5.34.